The average Bonchev–Trinajstić information content (AvgIpc) is 2.73. The van der Waals surface area contributed by atoms with Gasteiger partial charge in [-0.1, -0.05) is 55.8 Å². The molecule has 4 heteroatoms. The quantitative estimate of drug-likeness (QED) is 0.614. The zero-order chi connectivity index (χ0) is 21.4. The first kappa shape index (κ1) is 20.5. The largest absolute Gasteiger partial charge is 0.507 e. The van der Waals surface area contributed by atoms with Crippen molar-refractivity contribution in [2.75, 3.05) is 7.11 Å². The van der Waals surface area contributed by atoms with E-state index < -0.39 is 0 Å². The van der Waals surface area contributed by atoms with E-state index in [0.717, 1.165) is 24.0 Å². The molecule has 0 spiro atoms. The van der Waals surface area contributed by atoms with Gasteiger partial charge in [0.05, 0.1) is 13.5 Å². The molecule has 2 aliphatic rings. The summed E-state index contributed by atoms with van der Waals surface area (Å²) in [6, 6.07) is 11.4. The molecule has 0 radical (unpaired) electrons. The van der Waals surface area contributed by atoms with Crippen LogP contribution in [-0.2, 0) is 0 Å². The predicted octanol–water partition coefficient (Wildman–Crippen LogP) is 6.20. The van der Waals surface area contributed by atoms with Crippen molar-refractivity contribution in [3.8, 4) is 17.2 Å². The third kappa shape index (κ3) is 3.60. The van der Waals surface area contributed by atoms with Crippen LogP contribution in [0, 0.1) is 11.8 Å². The van der Waals surface area contributed by atoms with E-state index in [0.29, 0.717) is 23.3 Å². The van der Waals surface area contributed by atoms with Crippen LogP contribution in [0.5, 0.6) is 17.2 Å². The molecule has 1 heterocycles. The lowest BCUT2D eigenvalue weighted by molar-refractivity contribution is 0.0840. The Balaban J connectivity index is 1.90. The molecule has 30 heavy (non-hydrogen) atoms. The van der Waals surface area contributed by atoms with Crippen molar-refractivity contribution >= 4 is 5.78 Å². The molecule has 0 bridgehead atoms. The summed E-state index contributed by atoms with van der Waals surface area (Å²) in [6.07, 6.45) is 4.29. The number of carbonyl (C=O) groups is 1. The van der Waals surface area contributed by atoms with Crippen LogP contribution in [0.25, 0.3) is 0 Å². The molecular formula is C26H30O4. The van der Waals surface area contributed by atoms with E-state index in [9.17, 15) is 9.90 Å². The normalized spacial score (nSPS) is 23.6. The molecule has 4 rings (SSSR count). The summed E-state index contributed by atoms with van der Waals surface area (Å²) in [4.78, 5) is 13.1. The monoisotopic (exact) mass is 406 g/mol. The number of Topliss-reactive ketones (excluding diaryl/α,β-unsaturated/α-hetero) is 1. The number of hydrogen-bond donors (Lipinski definition) is 1. The van der Waals surface area contributed by atoms with E-state index in [1.54, 1.807) is 13.2 Å². The highest BCUT2D eigenvalue weighted by molar-refractivity contribution is 6.03. The van der Waals surface area contributed by atoms with Crippen molar-refractivity contribution in [2.45, 2.75) is 52.1 Å². The number of phenols is 1. The maximum atomic E-state index is 13.1. The zero-order valence-electron chi connectivity index (χ0n) is 18.1. The highest BCUT2D eigenvalue weighted by Crippen LogP contribution is 2.52. The van der Waals surface area contributed by atoms with E-state index in [1.807, 2.05) is 30.3 Å². The van der Waals surface area contributed by atoms with Crippen molar-refractivity contribution in [1.82, 2.24) is 0 Å². The van der Waals surface area contributed by atoms with Gasteiger partial charge < -0.3 is 14.6 Å². The summed E-state index contributed by atoms with van der Waals surface area (Å²) in [5.74, 6) is 1.85. The van der Waals surface area contributed by atoms with Gasteiger partial charge in [0, 0.05) is 17.5 Å². The number of carbonyl (C=O) groups excluding carboxylic acids is 1. The summed E-state index contributed by atoms with van der Waals surface area (Å²) < 4.78 is 12.2. The molecule has 1 aliphatic heterocycles. The number of fused-ring (bicyclic) bond motifs is 1. The van der Waals surface area contributed by atoms with Crippen LogP contribution >= 0.6 is 0 Å². The van der Waals surface area contributed by atoms with Gasteiger partial charge in [0.25, 0.3) is 0 Å². The molecule has 0 amide bonds. The van der Waals surface area contributed by atoms with Gasteiger partial charge in [0.1, 0.15) is 28.9 Å². The van der Waals surface area contributed by atoms with Gasteiger partial charge in [-0.05, 0) is 37.2 Å². The number of benzene rings is 2. The molecule has 4 nitrogen and oxygen atoms in total. The number of aromatic hydroxyl groups is 1. The smallest absolute Gasteiger partial charge is 0.174 e. The third-order valence-corrected chi connectivity index (χ3v) is 6.55. The minimum Gasteiger partial charge on any atom is -0.507 e. The van der Waals surface area contributed by atoms with Crippen molar-refractivity contribution < 1.29 is 19.4 Å². The first-order valence-corrected chi connectivity index (χ1v) is 10.8. The Morgan fingerprint density at radius 1 is 1.20 bits per heavy atom. The van der Waals surface area contributed by atoms with E-state index in [4.69, 9.17) is 9.47 Å². The standard InChI is InChI=1S/C26H30O4/c1-15(2)18-11-10-16(3)12-19(18)24-23(29-4)14-21(28)25-20(27)13-22(30-26(24)25)17-8-6-5-7-9-17/h5-9,12,14-15,18-19,22,28H,10-11,13H2,1-4H3. The van der Waals surface area contributed by atoms with E-state index in [-0.39, 0.29) is 35.5 Å². The maximum absolute atomic E-state index is 13.1. The first-order chi connectivity index (χ1) is 14.4. The van der Waals surface area contributed by atoms with Crippen molar-refractivity contribution in [2.24, 2.45) is 11.8 Å². The Bertz CT molecular complexity index is 974. The second-order valence-corrected chi connectivity index (χ2v) is 8.85. The summed E-state index contributed by atoms with van der Waals surface area (Å²) >= 11 is 0. The van der Waals surface area contributed by atoms with Gasteiger partial charge in [0.15, 0.2) is 5.78 Å². The van der Waals surface area contributed by atoms with E-state index in [1.165, 1.54) is 5.57 Å². The molecule has 2 aromatic rings. The van der Waals surface area contributed by atoms with Gasteiger partial charge in [-0.25, -0.2) is 0 Å². The SMILES string of the molecule is COc1cc(O)c2c(c1C1C=C(C)CCC1C(C)C)OC(c1ccccc1)CC2=O. The first-order valence-electron chi connectivity index (χ1n) is 10.8. The second kappa shape index (κ2) is 8.17. The molecule has 3 unspecified atom stereocenters. The molecule has 0 aromatic heterocycles. The highest BCUT2D eigenvalue weighted by Gasteiger charge is 2.39. The Hall–Kier alpha value is -2.75. The lowest BCUT2D eigenvalue weighted by Gasteiger charge is -2.36. The molecule has 0 saturated carbocycles. The van der Waals surface area contributed by atoms with Crippen molar-refractivity contribution in [3.63, 3.8) is 0 Å². The lowest BCUT2D eigenvalue weighted by Crippen LogP contribution is -2.26. The zero-order valence-corrected chi connectivity index (χ0v) is 18.1. The fourth-order valence-electron chi connectivity index (χ4n) is 4.95. The number of hydrogen-bond acceptors (Lipinski definition) is 4. The van der Waals surface area contributed by atoms with E-state index in [2.05, 4.69) is 26.8 Å². The molecule has 1 N–H and O–H groups in total. The molecule has 0 saturated heterocycles. The minimum atomic E-state index is -0.373. The van der Waals surface area contributed by atoms with Crippen LogP contribution in [0.2, 0.25) is 0 Å². The van der Waals surface area contributed by atoms with Gasteiger partial charge in [0.2, 0.25) is 0 Å². The molecule has 1 aliphatic carbocycles. The van der Waals surface area contributed by atoms with Crippen LogP contribution in [0.3, 0.4) is 0 Å². The molecule has 3 atom stereocenters. The number of rotatable bonds is 4. The Morgan fingerprint density at radius 2 is 1.93 bits per heavy atom. The molecular weight excluding hydrogens is 376 g/mol. The highest BCUT2D eigenvalue weighted by atomic mass is 16.5. The van der Waals surface area contributed by atoms with Crippen LogP contribution in [0.4, 0.5) is 0 Å². The van der Waals surface area contributed by atoms with Crippen LogP contribution in [0.1, 0.15) is 73.5 Å². The summed E-state index contributed by atoms with van der Waals surface area (Å²) in [5, 5.41) is 10.6. The van der Waals surface area contributed by atoms with Gasteiger partial charge in [-0.3, -0.25) is 4.79 Å². The van der Waals surface area contributed by atoms with Gasteiger partial charge in [-0.15, -0.1) is 0 Å². The van der Waals surface area contributed by atoms with Gasteiger partial charge >= 0.3 is 0 Å². The Labute approximate surface area is 178 Å². The molecule has 0 fully saturated rings. The van der Waals surface area contributed by atoms with Crippen LogP contribution in [-0.4, -0.2) is 18.0 Å². The third-order valence-electron chi connectivity index (χ3n) is 6.55. The van der Waals surface area contributed by atoms with Gasteiger partial charge in [-0.2, -0.15) is 0 Å². The summed E-state index contributed by atoms with van der Waals surface area (Å²) in [5.41, 5.74) is 3.47. The number of methoxy groups -OCH3 is 1. The van der Waals surface area contributed by atoms with Crippen LogP contribution in [0.15, 0.2) is 48.0 Å². The summed E-state index contributed by atoms with van der Waals surface area (Å²) in [6.45, 7) is 6.64. The minimum absolute atomic E-state index is 0.0697. The van der Waals surface area contributed by atoms with Crippen LogP contribution < -0.4 is 9.47 Å². The topological polar surface area (TPSA) is 55.8 Å². The fraction of sp³-hybridized carbons (Fsp3) is 0.423. The summed E-state index contributed by atoms with van der Waals surface area (Å²) in [7, 11) is 1.60. The number of ether oxygens (including phenoxy) is 2. The van der Waals surface area contributed by atoms with Crippen molar-refractivity contribution in [1.29, 1.82) is 0 Å². The Kier molecular flexibility index (Phi) is 5.59. The van der Waals surface area contributed by atoms with Crippen molar-refractivity contribution in [3.05, 3.63) is 64.7 Å². The number of allylic oxidation sites excluding steroid dienone is 2. The fourth-order valence-corrected chi connectivity index (χ4v) is 4.95. The lowest BCUT2D eigenvalue weighted by atomic mass is 9.71. The predicted molar refractivity (Wildman–Crippen MR) is 117 cm³/mol. The number of ketones is 1. The van der Waals surface area contributed by atoms with E-state index >= 15 is 0 Å². The molecule has 2 aromatic carbocycles. The average molecular weight is 407 g/mol. The number of phenolic OH excluding ortho intramolecular Hbond substituents is 1. The Morgan fingerprint density at radius 3 is 2.60 bits per heavy atom. The second-order valence-electron chi connectivity index (χ2n) is 8.85. The molecule has 158 valence electrons. The maximum Gasteiger partial charge on any atom is 0.174 e.